The van der Waals surface area contributed by atoms with Crippen LogP contribution in [-0.4, -0.2) is 23.2 Å². The number of hydrogen-bond acceptors (Lipinski definition) is 2. The molecule has 0 fully saturated rings. The van der Waals surface area contributed by atoms with Crippen molar-refractivity contribution in [3.05, 3.63) is 24.0 Å². The third-order valence-corrected chi connectivity index (χ3v) is 1.48. The maximum Gasteiger partial charge on any atom is 0.252 e. The van der Waals surface area contributed by atoms with Crippen LogP contribution in [0.15, 0.2) is 18.5 Å². The van der Waals surface area contributed by atoms with E-state index in [1.165, 1.54) is 0 Å². The number of H-pyrrole nitrogens is 1. The van der Waals surface area contributed by atoms with Crippen LogP contribution in [0.5, 0.6) is 0 Å². The van der Waals surface area contributed by atoms with E-state index in [-0.39, 0.29) is 5.91 Å². The maximum atomic E-state index is 11.1. The second-order valence-electron chi connectivity index (χ2n) is 2.08. The molecule has 1 amide bonds. The van der Waals surface area contributed by atoms with E-state index in [0.29, 0.717) is 17.9 Å². The summed E-state index contributed by atoms with van der Waals surface area (Å²) >= 11 is 3.97. The first kappa shape index (κ1) is 8.20. The molecule has 1 aromatic rings. The number of nitrogens with one attached hydrogen (secondary N) is 2. The Labute approximate surface area is 70.6 Å². The zero-order chi connectivity index (χ0) is 8.10. The highest BCUT2D eigenvalue weighted by Crippen LogP contribution is 1.94. The van der Waals surface area contributed by atoms with E-state index in [1.807, 2.05) is 0 Å². The number of rotatable bonds is 3. The molecule has 3 nitrogen and oxygen atoms in total. The van der Waals surface area contributed by atoms with Crippen LogP contribution in [0.1, 0.15) is 10.4 Å². The summed E-state index contributed by atoms with van der Waals surface area (Å²) in [7, 11) is 0. The molecule has 0 radical (unpaired) electrons. The lowest BCUT2D eigenvalue weighted by molar-refractivity contribution is 0.0956. The predicted molar refractivity (Wildman–Crippen MR) is 47.0 cm³/mol. The van der Waals surface area contributed by atoms with Crippen LogP contribution in [0.25, 0.3) is 0 Å². The van der Waals surface area contributed by atoms with Crippen molar-refractivity contribution in [3.63, 3.8) is 0 Å². The number of aromatic amines is 1. The zero-order valence-electron chi connectivity index (χ0n) is 6.00. The molecule has 0 atom stereocenters. The van der Waals surface area contributed by atoms with Gasteiger partial charge in [0.05, 0.1) is 5.56 Å². The largest absolute Gasteiger partial charge is 0.367 e. The van der Waals surface area contributed by atoms with Crippen LogP contribution in [0.3, 0.4) is 0 Å². The summed E-state index contributed by atoms with van der Waals surface area (Å²) in [5.41, 5.74) is 0.659. The van der Waals surface area contributed by atoms with E-state index < -0.39 is 0 Å². The predicted octanol–water partition coefficient (Wildman–Crippen LogP) is 0.674. The van der Waals surface area contributed by atoms with E-state index in [9.17, 15) is 4.79 Å². The average molecular weight is 170 g/mol. The second kappa shape index (κ2) is 4.08. The van der Waals surface area contributed by atoms with E-state index in [4.69, 9.17) is 0 Å². The molecular formula is C7H10N2OS. The first-order valence-corrected chi connectivity index (χ1v) is 3.99. The van der Waals surface area contributed by atoms with Gasteiger partial charge in [-0.1, -0.05) is 0 Å². The Hall–Kier alpha value is -0.900. The minimum Gasteiger partial charge on any atom is -0.367 e. The van der Waals surface area contributed by atoms with Crippen LogP contribution in [-0.2, 0) is 0 Å². The summed E-state index contributed by atoms with van der Waals surface area (Å²) in [6, 6.07) is 1.73. The van der Waals surface area contributed by atoms with E-state index in [2.05, 4.69) is 22.9 Å². The molecule has 0 unspecified atom stereocenters. The lowest BCUT2D eigenvalue weighted by Gasteiger charge is -1.98. The van der Waals surface area contributed by atoms with E-state index >= 15 is 0 Å². The fraction of sp³-hybridized carbons (Fsp3) is 0.286. The molecule has 1 rings (SSSR count). The highest BCUT2D eigenvalue weighted by Gasteiger charge is 2.02. The van der Waals surface area contributed by atoms with Gasteiger partial charge in [0.25, 0.3) is 5.91 Å². The van der Waals surface area contributed by atoms with Gasteiger partial charge < -0.3 is 10.3 Å². The normalized spacial score (nSPS) is 9.55. The number of aromatic nitrogens is 1. The fourth-order valence-corrected chi connectivity index (χ4v) is 0.848. The molecule has 0 aromatic carbocycles. The van der Waals surface area contributed by atoms with Gasteiger partial charge in [0.1, 0.15) is 0 Å². The van der Waals surface area contributed by atoms with Crippen LogP contribution < -0.4 is 5.32 Å². The standard InChI is InChI=1S/C7H10N2OS/c10-7(9-3-4-11)6-1-2-8-5-6/h1-2,5,8,11H,3-4H2,(H,9,10). The SMILES string of the molecule is O=C(NCCS)c1cc[nH]c1. The minimum atomic E-state index is -0.0553. The number of carbonyl (C=O) groups excluding carboxylic acids is 1. The summed E-state index contributed by atoms with van der Waals surface area (Å²) in [6.45, 7) is 0.604. The van der Waals surface area contributed by atoms with Gasteiger partial charge in [0.15, 0.2) is 0 Å². The number of carbonyl (C=O) groups is 1. The first-order chi connectivity index (χ1) is 5.34. The summed E-state index contributed by atoms with van der Waals surface area (Å²) < 4.78 is 0. The van der Waals surface area contributed by atoms with Gasteiger partial charge in [-0.25, -0.2) is 0 Å². The van der Waals surface area contributed by atoms with Crippen LogP contribution in [0.4, 0.5) is 0 Å². The van der Waals surface area contributed by atoms with Crippen molar-refractivity contribution in [3.8, 4) is 0 Å². The van der Waals surface area contributed by atoms with Crippen molar-refractivity contribution < 1.29 is 4.79 Å². The molecule has 0 saturated heterocycles. The van der Waals surface area contributed by atoms with Gasteiger partial charge in [-0.3, -0.25) is 4.79 Å². The number of hydrogen-bond donors (Lipinski definition) is 3. The Bertz CT molecular complexity index is 220. The Balaban J connectivity index is 2.43. The molecule has 0 bridgehead atoms. The monoisotopic (exact) mass is 170 g/mol. The lowest BCUT2D eigenvalue weighted by atomic mass is 10.3. The van der Waals surface area contributed by atoms with Gasteiger partial charge in [-0.05, 0) is 6.07 Å². The quantitative estimate of drug-likeness (QED) is 0.574. The van der Waals surface area contributed by atoms with Crippen molar-refractivity contribution in [2.45, 2.75) is 0 Å². The molecule has 0 aliphatic heterocycles. The molecule has 0 aliphatic carbocycles. The Kier molecular flexibility index (Phi) is 3.04. The Morgan fingerprint density at radius 1 is 1.73 bits per heavy atom. The Morgan fingerprint density at radius 2 is 2.55 bits per heavy atom. The van der Waals surface area contributed by atoms with Gasteiger partial charge in [-0.2, -0.15) is 12.6 Å². The van der Waals surface area contributed by atoms with Crippen LogP contribution in [0, 0.1) is 0 Å². The van der Waals surface area contributed by atoms with E-state index in [1.54, 1.807) is 18.5 Å². The highest BCUT2D eigenvalue weighted by atomic mass is 32.1. The molecule has 0 saturated carbocycles. The van der Waals surface area contributed by atoms with Crippen molar-refractivity contribution in [2.75, 3.05) is 12.3 Å². The van der Waals surface area contributed by atoms with Crippen molar-refractivity contribution in [1.82, 2.24) is 10.3 Å². The maximum absolute atomic E-state index is 11.1. The van der Waals surface area contributed by atoms with Gasteiger partial charge in [0.2, 0.25) is 0 Å². The molecule has 4 heteroatoms. The number of thiol groups is 1. The summed E-state index contributed by atoms with van der Waals surface area (Å²) in [6.07, 6.45) is 3.38. The Morgan fingerprint density at radius 3 is 3.09 bits per heavy atom. The van der Waals surface area contributed by atoms with Crippen molar-refractivity contribution in [2.24, 2.45) is 0 Å². The molecule has 1 heterocycles. The lowest BCUT2D eigenvalue weighted by Crippen LogP contribution is -2.24. The smallest absolute Gasteiger partial charge is 0.252 e. The first-order valence-electron chi connectivity index (χ1n) is 3.36. The van der Waals surface area contributed by atoms with Crippen molar-refractivity contribution >= 4 is 18.5 Å². The highest BCUT2D eigenvalue weighted by molar-refractivity contribution is 7.80. The summed E-state index contributed by atoms with van der Waals surface area (Å²) in [5, 5.41) is 2.70. The summed E-state index contributed by atoms with van der Waals surface area (Å²) in [4.78, 5) is 13.9. The van der Waals surface area contributed by atoms with Crippen LogP contribution >= 0.6 is 12.6 Å². The van der Waals surface area contributed by atoms with Gasteiger partial charge >= 0.3 is 0 Å². The van der Waals surface area contributed by atoms with Gasteiger partial charge in [-0.15, -0.1) is 0 Å². The third kappa shape index (κ3) is 2.31. The molecule has 0 spiro atoms. The fourth-order valence-electron chi connectivity index (χ4n) is 0.737. The minimum absolute atomic E-state index is 0.0553. The summed E-state index contributed by atoms with van der Waals surface area (Å²) in [5.74, 6) is 0.608. The second-order valence-corrected chi connectivity index (χ2v) is 2.53. The number of amides is 1. The molecule has 0 aliphatic rings. The molecule has 2 N–H and O–H groups in total. The van der Waals surface area contributed by atoms with E-state index in [0.717, 1.165) is 0 Å². The topological polar surface area (TPSA) is 44.9 Å². The average Bonchev–Trinajstić information content (AvgIpc) is 2.52. The van der Waals surface area contributed by atoms with Crippen molar-refractivity contribution in [1.29, 1.82) is 0 Å². The third-order valence-electron chi connectivity index (χ3n) is 1.26. The molecule has 1 aromatic heterocycles. The molecular weight excluding hydrogens is 160 g/mol. The van der Waals surface area contributed by atoms with Gasteiger partial charge in [0, 0.05) is 24.7 Å². The zero-order valence-corrected chi connectivity index (χ0v) is 6.90. The molecule has 11 heavy (non-hydrogen) atoms. The molecule has 60 valence electrons. The van der Waals surface area contributed by atoms with Crippen LogP contribution in [0.2, 0.25) is 0 Å².